The van der Waals surface area contributed by atoms with Gasteiger partial charge >= 0.3 is 0 Å². The number of nitrogens with one attached hydrogen (secondary N) is 1. The van der Waals surface area contributed by atoms with Crippen molar-refractivity contribution in [3.05, 3.63) is 42.0 Å². The molecular weight excluding hydrogens is 242 g/mol. The number of hydrogen-bond donors (Lipinski definition) is 1. The minimum Gasteiger partial charge on any atom is -0.494 e. The van der Waals surface area contributed by atoms with Gasteiger partial charge in [0.2, 0.25) is 5.91 Å². The molecule has 0 radical (unpaired) electrons. The van der Waals surface area contributed by atoms with Crippen molar-refractivity contribution in [3.8, 4) is 0 Å². The zero-order valence-electron chi connectivity index (χ0n) is 11.7. The number of carbonyl (C=O) groups is 1. The molecule has 0 aliphatic rings. The molecule has 1 aromatic rings. The molecule has 0 spiro atoms. The highest BCUT2D eigenvalue weighted by atomic mass is 16.5. The van der Waals surface area contributed by atoms with Crippen LogP contribution >= 0.6 is 0 Å². The van der Waals surface area contributed by atoms with E-state index in [9.17, 15) is 4.79 Å². The molecule has 4 nitrogen and oxygen atoms in total. The van der Waals surface area contributed by atoms with Crippen LogP contribution in [0.15, 0.2) is 30.8 Å². The number of amides is 1. The van der Waals surface area contributed by atoms with Crippen LogP contribution in [0.4, 0.5) is 0 Å². The molecule has 1 amide bonds. The smallest absolute Gasteiger partial charge is 0.249 e. The van der Waals surface area contributed by atoms with Gasteiger partial charge in [-0.1, -0.05) is 30.8 Å². The molecule has 1 aromatic carbocycles. The van der Waals surface area contributed by atoms with Crippen molar-refractivity contribution in [2.45, 2.75) is 26.5 Å². The van der Waals surface area contributed by atoms with Crippen LogP contribution in [0.2, 0.25) is 0 Å². The topological polar surface area (TPSA) is 47.6 Å². The predicted octanol–water partition coefficient (Wildman–Crippen LogP) is 2.34. The number of ether oxygens (including phenoxy) is 2. The third-order valence-corrected chi connectivity index (χ3v) is 2.78. The van der Waals surface area contributed by atoms with Crippen LogP contribution in [-0.2, 0) is 20.8 Å². The van der Waals surface area contributed by atoms with Crippen LogP contribution in [0, 0.1) is 0 Å². The van der Waals surface area contributed by atoms with E-state index in [-0.39, 0.29) is 5.91 Å². The number of carbonyl (C=O) groups excluding carboxylic acids is 1. The molecule has 0 aliphatic heterocycles. The number of methoxy groups -OCH3 is 1. The van der Waals surface area contributed by atoms with Gasteiger partial charge < -0.3 is 14.8 Å². The summed E-state index contributed by atoms with van der Waals surface area (Å²) in [5, 5.41) is 2.81. The van der Waals surface area contributed by atoms with Crippen LogP contribution in [0.5, 0.6) is 0 Å². The summed E-state index contributed by atoms with van der Waals surface area (Å²) in [6.45, 7) is 8.56. The van der Waals surface area contributed by atoms with Crippen molar-refractivity contribution in [1.29, 1.82) is 0 Å². The zero-order valence-corrected chi connectivity index (χ0v) is 11.7. The van der Waals surface area contributed by atoms with E-state index in [1.54, 1.807) is 6.92 Å². The Balaban J connectivity index is 2.53. The minimum atomic E-state index is -0.433. The van der Waals surface area contributed by atoms with Crippen LogP contribution in [0.3, 0.4) is 0 Å². The van der Waals surface area contributed by atoms with Crippen molar-refractivity contribution >= 4 is 11.7 Å². The number of rotatable bonds is 7. The van der Waals surface area contributed by atoms with Gasteiger partial charge in [0.15, 0.2) is 0 Å². The van der Waals surface area contributed by atoms with Gasteiger partial charge in [0.25, 0.3) is 0 Å². The molecule has 19 heavy (non-hydrogen) atoms. The van der Waals surface area contributed by atoms with E-state index in [0.717, 1.165) is 11.1 Å². The third-order valence-electron chi connectivity index (χ3n) is 2.78. The Morgan fingerprint density at radius 1 is 1.37 bits per heavy atom. The van der Waals surface area contributed by atoms with E-state index in [0.29, 0.717) is 18.9 Å². The van der Waals surface area contributed by atoms with E-state index in [1.165, 1.54) is 7.11 Å². The van der Waals surface area contributed by atoms with Gasteiger partial charge in [0.1, 0.15) is 11.9 Å². The summed E-state index contributed by atoms with van der Waals surface area (Å²) >= 11 is 0. The molecule has 0 fully saturated rings. The SMILES string of the molecule is C=C(OCC)c1ccc(CNC(=O)C(C)OC)cc1. The summed E-state index contributed by atoms with van der Waals surface area (Å²) in [5.41, 5.74) is 1.96. The summed E-state index contributed by atoms with van der Waals surface area (Å²) in [6, 6.07) is 7.74. The lowest BCUT2D eigenvalue weighted by Crippen LogP contribution is -2.33. The Bertz CT molecular complexity index is 426. The molecule has 1 atom stereocenters. The van der Waals surface area contributed by atoms with E-state index in [4.69, 9.17) is 9.47 Å². The molecule has 0 saturated heterocycles. The average molecular weight is 263 g/mol. The summed E-state index contributed by atoms with van der Waals surface area (Å²) in [5.74, 6) is 0.538. The maximum absolute atomic E-state index is 11.5. The Kier molecular flexibility index (Phi) is 6.09. The van der Waals surface area contributed by atoms with Gasteiger partial charge in [-0.2, -0.15) is 0 Å². The fraction of sp³-hybridized carbons (Fsp3) is 0.400. The van der Waals surface area contributed by atoms with Crippen LogP contribution in [0.1, 0.15) is 25.0 Å². The van der Waals surface area contributed by atoms with E-state index < -0.39 is 6.10 Å². The quantitative estimate of drug-likeness (QED) is 0.768. The highest BCUT2D eigenvalue weighted by Crippen LogP contribution is 2.14. The largest absolute Gasteiger partial charge is 0.494 e. The standard InChI is InChI=1S/C15H21NO3/c1-5-19-11(2)14-8-6-13(7-9-14)10-16-15(17)12(3)18-4/h6-9,12H,2,5,10H2,1,3-4H3,(H,16,17). The van der Waals surface area contributed by atoms with E-state index >= 15 is 0 Å². The first-order chi connectivity index (χ1) is 9.08. The molecule has 0 saturated carbocycles. The van der Waals surface area contributed by atoms with Gasteiger partial charge in [-0.3, -0.25) is 4.79 Å². The predicted molar refractivity (Wildman–Crippen MR) is 75.4 cm³/mol. The van der Waals surface area contributed by atoms with Crippen molar-refractivity contribution in [2.75, 3.05) is 13.7 Å². The second-order valence-corrected chi connectivity index (χ2v) is 4.15. The maximum atomic E-state index is 11.5. The van der Waals surface area contributed by atoms with Crippen molar-refractivity contribution in [1.82, 2.24) is 5.32 Å². The first-order valence-corrected chi connectivity index (χ1v) is 6.30. The summed E-state index contributed by atoms with van der Waals surface area (Å²) in [6.07, 6.45) is -0.433. The lowest BCUT2D eigenvalue weighted by molar-refractivity contribution is -0.130. The molecule has 0 aliphatic carbocycles. The normalized spacial score (nSPS) is 11.7. The highest BCUT2D eigenvalue weighted by Gasteiger charge is 2.10. The molecule has 0 aromatic heterocycles. The van der Waals surface area contributed by atoms with Gasteiger partial charge in [-0.05, 0) is 19.4 Å². The van der Waals surface area contributed by atoms with Gasteiger partial charge in [-0.15, -0.1) is 0 Å². The summed E-state index contributed by atoms with van der Waals surface area (Å²) < 4.78 is 10.3. The van der Waals surface area contributed by atoms with Gasteiger partial charge in [0, 0.05) is 19.2 Å². The Hall–Kier alpha value is -1.81. The number of benzene rings is 1. The van der Waals surface area contributed by atoms with Crippen molar-refractivity contribution < 1.29 is 14.3 Å². The fourth-order valence-electron chi connectivity index (χ4n) is 1.51. The average Bonchev–Trinajstić information content (AvgIpc) is 2.44. The fourth-order valence-corrected chi connectivity index (χ4v) is 1.51. The molecule has 104 valence electrons. The molecule has 0 bridgehead atoms. The lowest BCUT2D eigenvalue weighted by atomic mass is 10.1. The highest BCUT2D eigenvalue weighted by molar-refractivity contribution is 5.80. The summed E-state index contributed by atoms with van der Waals surface area (Å²) in [4.78, 5) is 11.5. The molecular formula is C15H21NO3. The lowest BCUT2D eigenvalue weighted by Gasteiger charge is -2.11. The van der Waals surface area contributed by atoms with Crippen LogP contribution in [0.25, 0.3) is 5.76 Å². The number of hydrogen-bond acceptors (Lipinski definition) is 3. The first-order valence-electron chi connectivity index (χ1n) is 6.30. The summed E-state index contributed by atoms with van der Waals surface area (Å²) in [7, 11) is 1.51. The van der Waals surface area contributed by atoms with Crippen molar-refractivity contribution in [2.24, 2.45) is 0 Å². The second-order valence-electron chi connectivity index (χ2n) is 4.15. The Morgan fingerprint density at radius 2 is 2.00 bits per heavy atom. The van der Waals surface area contributed by atoms with Gasteiger partial charge in [-0.25, -0.2) is 0 Å². The van der Waals surface area contributed by atoms with E-state index in [1.807, 2.05) is 31.2 Å². The van der Waals surface area contributed by atoms with E-state index in [2.05, 4.69) is 11.9 Å². The minimum absolute atomic E-state index is 0.120. The Labute approximate surface area is 114 Å². The van der Waals surface area contributed by atoms with Crippen molar-refractivity contribution in [3.63, 3.8) is 0 Å². The molecule has 1 unspecified atom stereocenters. The molecule has 1 rings (SSSR count). The zero-order chi connectivity index (χ0) is 14.3. The molecule has 1 N–H and O–H groups in total. The maximum Gasteiger partial charge on any atom is 0.249 e. The third kappa shape index (κ3) is 4.75. The monoisotopic (exact) mass is 263 g/mol. The van der Waals surface area contributed by atoms with Crippen LogP contribution in [-0.4, -0.2) is 25.7 Å². The molecule has 0 heterocycles. The van der Waals surface area contributed by atoms with Crippen LogP contribution < -0.4 is 5.32 Å². The Morgan fingerprint density at radius 3 is 2.53 bits per heavy atom. The molecule has 4 heteroatoms. The first kappa shape index (κ1) is 15.2. The van der Waals surface area contributed by atoms with Gasteiger partial charge in [0.05, 0.1) is 6.61 Å². The second kappa shape index (κ2) is 7.59.